The Kier molecular flexibility index (Phi) is 2.44. The highest BCUT2D eigenvalue weighted by atomic mass is 16.6. The lowest BCUT2D eigenvalue weighted by molar-refractivity contribution is -0.248. The van der Waals surface area contributed by atoms with Crippen molar-refractivity contribution in [2.24, 2.45) is 0 Å². The van der Waals surface area contributed by atoms with Crippen LogP contribution in [0.5, 0.6) is 5.75 Å². The predicted molar refractivity (Wildman–Crippen MR) is 53.9 cm³/mol. The minimum atomic E-state index is -1.17. The van der Waals surface area contributed by atoms with E-state index in [9.17, 15) is 5.11 Å². The summed E-state index contributed by atoms with van der Waals surface area (Å²) in [7, 11) is 0. The fraction of sp³-hybridized carbons (Fsp3) is 0.455. The van der Waals surface area contributed by atoms with E-state index >= 15 is 0 Å². The molecule has 3 heteroatoms. The highest BCUT2D eigenvalue weighted by Gasteiger charge is 2.35. The van der Waals surface area contributed by atoms with Crippen molar-refractivity contribution < 1.29 is 9.84 Å². The van der Waals surface area contributed by atoms with Crippen molar-refractivity contribution in [2.75, 3.05) is 13.1 Å². The van der Waals surface area contributed by atoms with Crippen molar-refractivity contribution in [1.29, 1.82) is 0 Å². The Morgan fingerprint density at radius 1 is 1.29 bits per heavy atom. The van der Waals surface area contributed by atoms with E-state index in [2.05, 4.69) is 0 Å². The first-order valence-electron chi connectivity index (χ1n) is 4.90. The number of aliphatic hydroxyl groups is 1. The molecule has 1 atom stereocenters. The lowest BCUT2D eigenvalue weighted by Crippen LogP contribution is -2.56. The van der Waals surface area contributed by atoms with Crippen LogP contribution in [0.4, 0.5) is 0 Å². The molecule has 2 rings (SSSR count). The van der Waals surface area contributed by atoms with Crippen molar-refractivity contribution >= 4 is 0 Å². The molecule has 0 bridgehead atoms. The largest absolute Gasteiger partial charge is 0.449 e. The van der Waals surface area contributed by atoms with Gasteiger partial charge in [0.1, 0.15) is 5.75 Å². The Morgan fingerprint density at radius 3 is 2.43 bits per heavy atom. The van der Waals surface area contributed by atoms with Crippen LogP contribution in [0.25, 0.3) is 0 Å². The van der Waals surface area contributed by atoms with Gasteiger partial charge in [0.15, 0.2) is 0 Å². The van der Waals surface area contributed by atoms with Gasteiger partial charge in [-0.3, -0.25) is 0 Å². The third-order valence-corrected chi connectivity index (χ3v) is 2.50. The van der Waals surface area contributed by atoms with Crippen LogP contribution in [-0.4, -0.2) is 29.0 Å². The van der Waals surface area contributed by atoms with E-state index in [1.807, 2.05) is 35.2 Å². The Hall–Kier alpha value is -1.06. The van der Waals surface area contributed by atoms with Gasteiger partial charge in [-0.2, -0.15) is 0 Å². The third-order valence-electron chi connectivity index (χ3n) is 2.50. The average Bonchev–Trinajstić information content (AvgIpc) is 2.00. The van der Waals surface area contributed by atoms with Crippen molar-refractivity contribution in [3.63, 3.8) is 0 Å². The maximum Gasteiger partial charge on any atom is 0.267 e. The number of ether oxygens (including phenoxy) is 1. The first-order chi connectivity index (χ1) is 6.68. The molecule has 1 aromatic rings. The molecular formula is C11H15NO2. The number of likely N-dealkylation sites (tertiary alicyclic amines) is 1. The summed E-state index contributed by atoms with van der Waals surface area (Å²) in [6.45, 7) is 3.48. The molecule has 1 aliphatic heterocycles. The molecule has 0 saturated carbocycles. The summed E-state index contributed by atoms with van der Waals surface area (Å²) in [5, 5.41) is 9.99. The summed E-state index contributed by atoms with van der Waals surface area (Å²) in [6.07, 6.45) is 1.13. The van der Waals surface area contributed by atoms with Gasteiger partial charge >= 0.3 is 0 Å². The van der Waals surface area contributed by atoms with E-state index in [0.29, 0.717) is 5.75 Å². The molecule has 1 unspecified atom stereocenters. The predicted octanol–water partition coefficient (Wildman–Crippen LogP) is 1.44. The third kappa shape index (κ3) is 1.89. The normalized spacial score (nSPS) is 21.0. The molecule has 0 spiro atoms. The highest BCUT2D eigenvalue weighted by molar-refractivity contribution is 5.21. The van der Waals surface area contributed by atoms with E-state index in [-0.39, 0.29) is 0 Å². The van der Waals surface area contributed by atoms with Gasteiger partial charge < -0.3 is 9.84 Å². The molecule has 0 amide bonds. The molecule has 1 fully saturated rings. The van der Waals surface area contributed by atoms with Gasteiger partial charge in [0, 0.05) is 20.0 Å². The van der Waals surface area contributed by atoms with E-state index in [0.717, 1.165) is 19.5 Å². The number of benzene rings is 1. The molecule has 1 aromatic carbocycles. The highest BCUT2D eigenvalue weighted by Crippen LogP contribution is 2.23. The number of rotatable bonds is 3. The zero-order chi connectivity index (χ0) is 10.0. The SMILES string of the molecule is CC(O)(Oc1ccccc1)N1CCC1. The minimum Gasteiger partial charge on any atom is -0.449 e. The van der Waals surface area contributed by atoms with Crippen LogP contribution in [0.1, 0.15) is 13.3 Å². The Morgan fingerprint density at radius 2 is 1.93 bits per heavy atom. The van der Waals surface area contributed by atoms with Gasteiger partial charge in [-0.15, -0.1) is 0 Å². The lowest BCUT2D eigenvalue weighted by Gasteiger charge is -2.42. The molecule has 76 valence electrons. The smallest absolute Gasteiger partial charge is 0.267 e. The number of hydrogen-bond donors (Lipinski definition) is 1. The molecular weight excluding hydrogens is 178 g/mol. The lowest BCUT2D eigenvalue weighted by atomic mass is 10.2. The van der Waals surface area contributed by atoms with Crippen molar-refractivity contribution in [3.8, 4) is 5.75 Å². The van der Waals surface area contributed by atoms with Crippen molar-refractivity contribution in [3.05, 3.63) is 30.3 Å². The molecule has 1 aliphatic rings. The van der Waals surface area contributed by atoms with E-state index < -0.39 is 5.91 Å². The summed E-state index contributed by atoms with van der Waals surface area (Å²) >= 11 is 0. The minimum absolute atomic E-state index is 0.699. The molecule has 0 aromatic heterocycles. The quantitative estimate of drug-likeness (QED) is 0.737. The van der Waals surface area contributed by atoms with Crippen LogP contribution in [-0.2, 0) is 0 Å². The molecule has 14 heavy (non-hydrogen) atoms. The molecule has 1 saturated heterocycles. The standard InChI is InChI=1S/C11H15NO2/c1-11(13,12-8-5-9-12)14-10-6-3-2-4-7-10/h2-4,6-7,13H,5,8-9H2,1H3. The van der Waals surface area contributed by atoms with Gasteiger partial charge in [0.25, 0.3) is 5.91 Å². The second kappa shape index (κ2) is 3.59. The maximum absolute atomic E-state index is 9.99. The van der Waals surface area contributed by atoms with Crippen LogP contribution in [0, 0.1) is 0 Å². The Labute approximate surface area is 83.9 Å². The van der Waals surface area contributed by atoms with Crippen LogP contribution in [0.2, 0.25) is 0 Å². The second-order valence-electron chi connectivity index (χ2n) is 3.69. The van der Waals surface area contributed by atoms with E-state index in [1.54, 1.807) is 6.92 Å². The van der Waals surface area contributed by atoms with Gasteiger partial charge in [-0.25, -0.2) is 4.90 Å². The topological polar surface area (TPSA) is 32.7 Å². The fourth-order valence-electron chi connectivity index (χ4n) is 1.51. The summed E-state index contributed by atoms with van der Waals surface area (Å²) < 4.78 is 5.49. The summed E-state index contributed by atoms with van der Waals surface area (Å²) in [6, 6.07) is 9.39. The second-order valence-corrected chi connectivity index (χ2v) is 3.69. The van der Waals surface area contributed by atoms with E-state index in [4.69, 9.17) is 4.74 Å². The molecule has 1 N–H and O–H groups in total. The monoisotopic (exact) mass is 193 g/mol. The first kappa shape index (κ1) is 9.49. The number of nitrogens with zero attached hydrogens (tertiary/aromatic N) is 1. The van der Waals surface area contributed by atoms with Crippen LogP contribution >= 0.6 is 0 Å². The van der Waals surface area contributed by atoms with Crippen molar-refractivity contribution in [2.45, 2.75) is 19.3 Å². The molecule has 1 heterocycles. The van der Waals surface area contributed by atoms with Crippen LogP contribution < -0.4 is 4.74 Å². The fourth-order valence-corrected chi connectivity index (χ4v) is 1.51. The first-order valence-corrected chi connectivity index (χ1v) is 4.90. The van der Waals surface area contributed by atoms with Gasteiger partial charge in [-0.1, -0.05) is 18.2 Å². The average molecular weight is 193 g/mol. The molecule has 0 aliphatic carbocycles. The Bertz CT molecular complexity index is 293. The zero-order valence-corrected chi connectivity index (χ0v) is 8.31. The molecule has 3 nitrogen and oxygen atoms in total. The maximum atomic E-state index is 9.99. The molecule has 0 radical (unpaired) electrons. The Balaban J connectivity index is 2.02. The van der Waals surface area contributed by atoms with Crippen LogP contribution in [0.3, 0.4) is 0 Å². The van der Waals surface area contributed by atoms with Crippen molar-refractivity contribution in [1.82, 2.24) is 4.90 Å². The van der Waals surface area contributed by atoms with Gasteiger partial charge in [0.05, 0.1) is 0 Å². The summed E-state index contributed by atoms with van der Waals surface area (Å²) in [5.41, 5.74) is 0. The number of para-hydroxylation sites is 1. The zero-order valence-electron chi connectivity index (χ0n) is 8.31. The van der Waals surface area contributed by atoms with Crippen LogP contribution in [0.15, 0.2) is 30.3 Å². The van der Waals surface area contributed by atoms with Gasteiger partial charge in [0.2, 0.25) is 0 Å². The summed E-state index contributed by atoms with van der Waals surface area (Å²) in [4.78, 5) is 1.90. The van der Waals surface area contributed by atoms with Gasteiger partial charge in [-0.05, 0) is 18.6 Å². The summed E-state index contributed by atoms with van der Waals surface area (Å²) in [5.74, 6) is -0.469. The number of hydrogen-bond acceptors (Lipinski definition) is 3. The van der Waals surface area contributed by atoms with E-state index in [1.165, 1.54) is 0 Å².